The predicted octanol–water partition coefficient (Wildman–Crippen LogP) is 4.97. The number of hydrogen-bond donors (Lipinski definition) is 1. The Bertz CT molecular complexity index is 1140. The minimum Gasteiger partial charge on any atom is -0.351 e. The Labute approximate surface area is 198 Å². The van der Waals surface area contributed by atoms with Gasteiger partial charge in [0.25, 0.3) is 5.91 Å². The Balaban J connectivity index is 1.54. The van der Waals surface area contributed by atoms with Crippen LogP contribution in [-0.4, -0.2) is 32.9 Å². The van der Waals surface area contributed by atoms with Crippen molar-refractivity contribution in [3.05, 3.63) is 101 Å². The Morgan fingerprint density at radius 2 is 1.62 bits per heavy atom. The number of rotatable bonds is 10. The number of halogens is 1. The van der Waals surface area contributed by atoms with Crippen molar-refractivity contribution in [1.82, 2.24) is 5.32 Å². The molecule has 0 aromatic heterocycles. The molecule has 1 amide bonds. The molecule has 3 aromatic rings. The third kappa shape index (κ3) is 7.02. The lowest BCUT2D eigenvalue weighted by atomic mass is 10.2. The number of carbonyl (C=O) groups is 1. The lowest BCUT2D eigenvalue weighted by molar-refractivity contribution is 0.0956. The first-order valence-electron chi connectivity index (χ1n) is 10.1. The molecule has 168 valence electrons. The molecule has 1 N–H and O–H groups in total. The number of benzene rings is 3. The standard InChI is InChI=1S/C24H25ClN2O3S2/c1-32(29,30)27(17-19-7-3-2-4-8-19)22-13-11-20(12-14-22)24(28)26-15-16-31-18-21-9-5-6-10-23(21)25/h2-14H,15-18H2,1H3,(H,26,28). The molecule has 0 spiro atoms. The second kappa shape index (κ2) is 11.4. The van der Waals surface area contributed by atoms with E-state index in [4.69, 9.17) is 11.6 Å². The summed E-state index contributed by atoms with van der Waals surface area (Å²) >= 11 is 7.85. The summed E-state index contributed by atoms with van der Waals surface area (Å²) < 4.78 is 26.0. The molecule has 0 aliphatic rings. The minimum atomic E-state index is -3.48. The van der Waals surface area contributed by atoms with Crippen LogP contribution in [-0.2, 0) is 22.3 Å². The van der Waals surface area contributed by atoms with Gasteiger partial charge in [0, 0.05) is 28.6 Å². The molecule has 5 nitrogen and oxygen atoms in total. The monoisotopic (exact) mass is 488 g/mol. The first-order chi connectivity index (χ1) is 15.3. The summed E-state index contributed by atoms with van der Waals surface area (Å²) in [5, 5.41) is 3.64. The molecule has 0 aliphatic carbocycles. The number of hydrogen-bond acceptors (Lipinski definition) is 4. The zero-order valence-electron chi connectivity index (χ0n) is 17.7. The minimum absolute atomic E-state index is 0.191. The molecule has 0 aliphatic heterocycles. The molecule has 0 bridgehead atoms. The molecule has 0 unspecified atom stereocenters. The number of thioether (sulfide) groups is 1. The fraction of sp³-hybridized carbons (Fsp3) is 0.208. The van der Waals surface area contributed by atoms with Gasteiger partial charge in [-0.2, -0.15) is 11.8 Å². The van der Waals surface area contributed by atoms with E-state index in [0.29, 0.717) is 17.8 Å². The van der Waals surface area contributed by atoms with Gasteiger partial charge in [0.15, 0.2) is 0 Å². The smallest absolute Gasteiger partial charge is 0.251 e. The normalized spacial score (nSPS) is 11.2. The van der Waals surface area contributed by atoms with E-state index in [-0.39, 0.29) is 12.5 Å². The maximum atomic E-state index is 12.4. The maximum absolute atomic E-state index is 12.4. The van der Waals surface area contributed by atoms with Crippen molar-refractivity contribution >= 4 is 45.0 Å². The highest BCUT2D eigenvalue weighted by atomic mass is 35.5. The summed E-state index contributed by atoms with van der Waals surface area (Å²) in [6.07, 6.45) is 1.18. The molecule has 0 atom stereocenters. The second-order valence-electron chi connectivity index (χ2n) is 7.20. The van der Waals surface area contributed by atoms with Gasteiger partial charge in [0.05, 0.1) is 18.5 Å². The highest BCUT2D eigenvalue weighted by molar-refractivity contribution is 7.98. The van der Waals surface area contributed by atoms with Crippen LogP contribution in [0.25, 0.3) is 0 Å². The van der Waals surface area contributed by atoms with Gasteiger partial charge in [-0.25, -0.2) is 8.42 Å². The van der Waals surface area contributed by atoms with Crippen molar-refractivity contribution in [2.45, 2.75) is 12.3 Å². The van der Waals surface area contributed by atoms with Crippen molar-refractivity contribution in [3.63, 3.8) is 0 Å². The van der Waals surface area contributed by atoms with Gasteiger partial charge in [-0.15, -0.1) is 0 Å². The van der Waals surface area contributed by atoms with E-state index in [2.05, 4.69) is 5.32 Å². The van der Waals surface area contributed by atoms with E-state index in [1.165, 1.54) is 10.6 Å². The lowest BCUT2D eigenvalue weighted by Crippen LogP contribution is -2.29. The van der Waals surface area contributed by atoms with Crippen LogP contribution >= 0.6 is 23.4 Å². The first-order valence-corrected chi connectivity index (χ1v) is 13.4. The van der Waals surface area contributed by atoms with E-state index in [1.807, 2.05) is 54.6 Å². The summed E-state index contributed by atoms with van der Waals surface area (Å²) in [6.45, 7) is 0.757. The summed E-state index contributed by atoms with van der Waals surface area (Å²) in [5.41, 5.74) is 2.96. The van der Waals surface area contributed by atoms with Crippen LogP contribution in [0.5, 0.6) is 0 Å². The van der Waals surface area contributed by atoms with Crippen molar-refractivity contribution in [2.24, 2.45) is 0 Å². The van der Waals surface area contributed by atoms with Gasteiger partial charge in [0.2, 0.25) is 10.0 Å². The highest BCUT2D eigenvalue weighted by Crippen LogP contribution is 2.22. The van der Waals surface area contributed by atoms with Gasteiger partial charge >= 0.3 is 0 Å². The Morgan fingerprint density at radius 3 is 2.28 bits per heavy atom. The van der Waals surface area contributed by atoms with Crippen LogP contribution in [0.2, 0.25) is 5.02 Å². The SMILES string of the molecule is CS(=O)(=O)N(Cc1ccccc1)c1ccc(C(=O)NCCSCc2ccccc2Cl)cc1. The third-order valence-electron chi connectivity index (χ3n) is 4.73. The van der Waals surface area contributed by atoms with Crippen molar-refractivity contribution in [3.8, 4) is 0 Å². The zero-order chi connectivity index (χ0) is 23.0. The lowest BCUT2D eigenvalue weighted by Gasteiger charge is -2.22. The molecular weight excluding hydrogens is 464 g/mol. The second-order valence-corrected chi connectivity index (χ2v) is 10.6. The number of amides is 1. The van der Waals surface area contributed by atoms with E-state index in [1.54, 1.807) is 36.0 Å². The summed E-state index contributed by atoms with van der Waals surface area (Å²) in [5.74, 6) is 1.35. The van der Waals surface area contributed by atoms with Gasteiger partial charge in [0.1, 0.15) is 0 Å². The van der Waals surface area contributed by atoms with E-state index in [0.717, 1.165) is 27.7 Å². The summed E-state index contributed by atoms with van der Waals surface area (Å²) in [4.78, 5) is 12.4. The van der Waals surface area contributed by atoms with Crippen LogP contribution < -0.4 is 9.62 Å². The Hall–Kier alpha value is -2.48. The molecule has 0 radical (unpaired) electrons. The quantitative estimate of drug-likeness (QED) is 0.409. The van der Waals surface area contributed by atoms with E-state index < -0.39 is 10.0 Å². The number of anilines is 1. The zero-order valence-corrected chi connectivity index (χ0v) is 20.1. The third-order valence-corrected chi connectivity index (χ3v) is 7.25. The molecule has 8 heteroatoms. The van der Waals surface area contributed by atoms with Crippen LogP contribution in [0, 0.1) is 0 Å². The molecule has 32 heavy (non-hydrogen) atoms. The molecule has 0 heterocycles. The Morgan fingerprint density at radius 1 is 0.969 bits per heavy atom. The molecule has 0 fully saturated rings. The number of nitrogens with one attached hydrogen (secondary N) is 1. The molecule has 3 rings (SSSR count). The number of sulfonamides is 1. The van der Waals surface area contributed by atoms with Gasteiger partial charge in [-0.1, -0.05) is 60.1 Å². The maximum Gasteiger partial charge on any atom is 0.251 e. The molecule has 0 saturated heterocycles. The summed E-state index contributed by atoms with van der Waals surface area (Å²) in [7, 11) is -3.48. The fourth-order valence-electron chi connectivity index (χ4n) is 3.06. The number of carbonyl (C=O) groups excluding carboxylic acids is 1. The van der Waals surface area contributed by atoms with Gasteiger partial charge in [-0.3, -0.25) is 9.10 Å². The first kappa shape index (κ1) is 24.2. The topological polar surface area (TPSA) is 66.5 Å². The average Bonchev–Trinajstić information content (AvgIpc) is 2.78. The fourth-order valence-corrected chi connectivity index (χ4v) is 5.10. The number of nitrogens with zero attached hydrogens (tertiary/aromatic N) is 1. The Kier molecular flexibility index (Phi) is 8.61. The molecular formula is C24H25ClN2O3S2. The van der Waals surface area contributed by atoms with Crippen LogP contribution in [0.15, 0.2) is 78.9 Å². The van der Waals surface area contributed by atoms with Gasteiger partial charge < -0.3 is 5.32 Å². The summed E-state index contributed by atoms with van der Waals surface area (Å²) in [6, 6.07) is 23.7. The van der Waals surface area contributed by atoms with Gasteiger partial charge in [-0.05, 0) is 41.5 Å². The van der Waals surface area contributed by atoms with Crippen molar-refractivity contribution in [2.75, 3.05) is 22.9 Å². The van der Waals surface area contributed by atoms with Crippen molar-refractivity contribution < 1.29 is 13.2 Å². The van der Waals surface area contributed by atoms with E-state index >= 15 is 0 Å². The van der Waals surface area contributed by atoms with E-state index in [9.17, 15) is 13.2 Å². The van der Waals surface area contributed by atoms with Crippen LogP contribution in [0.1, 0.15) is 21.5 Å². The highest BCUT2D eigenvalue weighted by Gasteiger charge is 2.18. The molecule has 3 aromatic carbocycles. The average molecular weight is 489 g/mol. The van der Waals surface area contributed by atoms with Crippen LogP contribution in [0.3, 0.4) is 0 Å². The van der Waals surface area contributed by atoms with Crippen molar-refractivity contribution in [1.29, 1.82) is 0 Å². The van der Waals surface area contributed by atoms with Crippen LogP contribution in [0.4, 0.5) is 5.69 Å². The predicted molar refractivity (Wildman–Crippen MR) is 134 cm³/mol. The molecule has 0 saturated carbocycles. The largest absolute Gasteiger partial charge is 0.351 e.